The number of hydrogen-bond donors (Lipinski definition) is 2. The maximum absolute atomic E-state index is 12.0. The van der Waals surface area contributed by atoms with E-state index < -0.39 is 11.9 Å². The number of nitrogens with one attached hydrogen (secondary N) is 2. The Labute approximate surface area is 175 Å². The number of thioether (sulfide) groups is 1. The number of carbonyl (C=O) groups excluding carboxylic acids is 2. The van der Waals surface area contributed by atoms with Crippen molar-refractivity contribution in [3.63, 3.8) is 0 Å². The van der Waals surface area contributed by atoms with Crippen LogP contribution in [0.2, 0.25) is 0 Å². The average molecular weight is 418 g/mol. The van der Waals surface area contributed by atoms with Crippen molar-refractivity contribution in [1.29, 1.82) is 0 Å². The van der Waals surface area contributed by atoms with Gasteiger partial charge in [0.1, 0.15) is 12.4 Å². The van der Waals surface area contributed by atoms with Gasteiger partial charge in [-0.2, -0.15) is 0 Å². The highest BCUT2D eigenvalue weighted by Gasteiger charge is 2.15. The predicted octanol–water partition coefficient (Wildman–Crippen LogP) is 3.07. The molecule has 0 aliphatic rings. The second-order valence-corrected chi connectivity index (χ2v) is 7.47. The van der Waals surface area contributed by atoms with Crippen LogP contribution in [0.5, 0.6) is 5.75 Å². The van der Waals surface area contributed by atoms with E-state index in [1.807, 2.05) is 49.6 Å². The Morgan fingerprint density at radius 2 is 2.17 bits per heavy atom. The van der Waals surface area contributed by atoms with E-state index in [0.717, 1.165) is 17.7 Å². The first-order valence-corrected chi connectivity index (χ1v) is 10.4. The molecule has 0 saturated heterocycles. The second kappa shape index (κ2) is 11.3. The highest BCUT2D eigenvalue weighted by Crippen LogP contribution is 2.19. The Hall–Kier alpha value is -2.81. The van der Waals surface area contributed by atoms with Crippen molar-refractivity contribution in [1.82, 2.24) is 25.4 Å². The van der Waals surface area contributed by atoms with Crippen molar-refractivity contribution in [3.05, 3.63) is 48.3 Å². The summed E-state index contributed by atoms with van der Waals surface area (Å²) in [5.41, 5.74) is 1.11. The molecule has 0 fully saturated rings. The summed E-state index contributed by atoms with van der Waals surface area (Å²) in [5.74, 6) is 1.02. The van der Waals surface area contributed by atoms with Gasteiger partial charge in [0.05, 0.1) is 5.75 Å². The first-order chi connectivity index (χ1) is 13.9. The monoisotopic (exact) mass is 417 g/mol. The molecule has 0 radical (unpaired) electrons. The smallest absolute Gasteiger partial charge is 0.321 e. The van der Waals surface area contributed by atoms with Crippen LogP contribution in [-0.2, 0) is 17.9 Å². The van der Waals surface area contributed by atoms with Crippen molar-refractivity contribution in [2.45, 2.75) is 51.5 Å². The molecule has 2 rings (SSSR count). The van der Waals surface area contributed by atoms with Gasteiger partial charge in [-0.25, -0.2) is 4.79 Å². The van der Waals surface area contributed by atoms with Gasteiger partial charge in [0.15, 0.2) is 11.0 Å². The molecule has 2 N–H and O–H groups in total. The fraction of sp³-hybridized carbons (Fsp3) is 0.400. The van der Waals surface area contributed by atoms with Crippen LogP contribution in [0.3, 0.4) is 0 Å². The number of aryl methyl sites for hydroxylation is 1. The summed E-state index contributed by atoms with van der Waals surface area (Å²) >= 11 is 1.20. The third-order valence-corrected chi connectivity index (χ3v) is 5.00. The maximum Gasteiger partial charge on any atom is 0.321 e. The third-order valence-electron chi connectivity index (χ3n) is 4.04. The van der Waals surface area contributed by atoms with Gasteiger partial charge < -0.3 is 10.1 Å². The van der Waals surface area contributed by atoms with Crippen molar-refractivity contribution < 1.29 is 14.3 Å². The van der Waals surface area contributed by atoms with E-state index in [1.54, 1.807) is 6.08 Å². The van der Waals surface area contributed by atoms with Gasteiger partial charge in [-0.05, 0) is 38.0 Å². The largest absolute Gasteiger partial charge is 0.486 e. The lowest BCUT2D eigenvalue weighted by atomic mass is 10.2. The van der Waals surface area contributed by atoms with Gasteiger partial charge in [0.2, 0.25) is 5.91 Å². The number of rotatable bonds is 10. The Balaban J connectivity index is 1.94. The Bertz CT molecular complexity index is 852. The molecule has 2 aromatic rings. The number of nitrogens with zero attached hydrogens (tertiary/aromatic N) is 3. The van der Waals surface area contributed by atoms with Crippen LogP contribution in [-0.4, -0.2) is 38.5 Å². The number of imide groups is 1. The van der Waals surface area contributed by atoms with Gasteiger partial charge in [0, 0.05) is 12.6 Å². The van der Waals surface area contributed by atoms with Gasteiger partial charge in [0.25, 0.3) is 0 Å². The van der Waals surface area contributed by atoms with Gasteiger partial charge in [-0.1, -0.05) is 36.9 Å². The third kappa shape index (κ3) is 7.26. The van der Waals surface area contributed by atoms with E-state index in [4.69, 9.17) is 4.74 Å². The van der Waals surface area contributed by atoms with E-state index >= 15 is 0 Å². The Kier molecular flexibility index (Phi) is 8.72. The minimum atomic E-state index is -0.496. The first-order valence-electron chi connectivity index (χ1n) is 9.38. The summed E-state index contributed by atoms with van der Waals surface area (Å²) < 4.78 is 7.63. The zero-order valence-electron chi connectivity index (χ0n) is 17.0. The van der Waals surface area contributed by atoms with E-state index in [1.165, 1.54) is 11.8 Å². The van der Waals surface area contributed by atoms with Crippen LogP contribution in [0, 0.1) is 6.92 Å². The molecule has 29 heavy (non-hydrogen) atoms. The molecule has 0 aliphatic carbocycles. The number of urea groups is 1. The maximum atomic E-state index is 12.0. The van der Waals surface area contributed by atoms with Crippen LogP contribution < -0.4 is 15.4 Å². The van der Waals surface area contributed by atoms with Crippen LogP contribution >= 0.6 is 11.8 Å². The molecule has 0 bridgehead atoms. The molecule has 0 saturated carbocycles. The minimum Gasteiger partial charge on any atom is -0.486 e. The Morgan fingerprint density at radius 1 is 1.38 bits per heavy atom. The lowest BCUT2D eigenvalue weighted by Crippen LogP contribution is -2.43. The average Bonchev–Trinajstić information content (AvgIpc) is 3.06. The van der Waals surface area contributed by atoms with Crippen molar-refractivity contribution in [2.24, 2.45) is 0 Å². The first kappa shape index (κ1) is 22.5. The number of hydrogen-bond acceptors (Lipinski definition) is 6. The van der Waals surface area contributed by atoms with Crippen LogP contribution in [0.1, 0.15) is 31.7 Å². The lowest BCUT2D eigenvalue weighted by Gasteiger charge is -2.12. The number of amides is 3. The van der Waals surface area contributed by atoms with E-state index in [2.05, 4.69) is 27.4 Å². The molecule has 0 spiro atoms. The molecule has 1 aromatic carbocycles. The summed E-state index contributed by atoms with van der Waals surface area (Å²) in [6.45, 7) is 10.3. The van der Waals surface area contributed by atoms with Crippen LogP contribution in [0.25, 0.3) is 0 Å². The van der Waals surface area contributed by atoms with E-state index in [0.29, 0.717) is 17.5 Å². The van der Waals surface area contributed by atoms with Gasteiger partial charge >= 0.3 is 6.03 Å². The predicted molar refractivity (Wildman–Crippen MR) is 113 cm³/mol. The highest BCUT2D eigenvalue weighted by atomic mass is 32.2. The molecule has 0 unspecified atom stereocenters. The molecule has 8 nitrogen and oxygen atoms in total. The van der Waals surface area contributed by atoms with Gasteiger partial charge in [-0.3, -0.25) is 14.7 Å². The molecule has 1 atom stereocenters. The number of ether oxygens (including phenoxy) is 1. The van der Waals surface area contributed by atoms with Crippen LogP contribution in [0.4, 0.5) is 4.79 Å². The summed E-state index contributed by atoms with van der Waals surface area (Å²) in [4.78, 5) is 23.8. The van der Waals surface area contributed by atoms with E-state index in [9.17, 15) is 9.59 Å². The zero-order valence-corrected chi connectivity index (χ0v) is 17.8. The molecule has 156 valence electrons. The quantitative estimate of drug-likeness (QED) is 0.455. The van der Waals surface area contributed by atoms with Crippen LogP contribution in [0.15, 0.2) is 42.1 Å². The summed E-state index contributed by atoms with van der Waals surface area (Å²) in [6, 6.07) is 7.25. The van der Waals surface area contributed by atoms with Crippen molar-refractivity contribution in [2.75, 3.05) is 5.75 Å². The molecule has 1 heterocycles. The highest BCUT2D eigenvalue weighted by molar-refractivity contribution is 7.99. The summed E-state index contributed by atoms with van der Waals surface area (Å²) in [7, 11) is 0. The fourth-order valence-electron chi connectivity index (χ4n) is 2.35. The number of benzene rings is 1. The van der Waals surface area contributed by atoms with Crippen molar-refractivity contribution in [3.8, 4) is 5.75 Å². The van der Waals surface area contributed by atoms with Gasteiger partial charge in [-0.15, -0.1) is 16.8 Å². The zero-order chi connectivity index (χ0) is 21.2. The minimum absolute atomic E-state index is 0.00195. The Morgan fingerprint density at radius 3 is 2.86 bits per heavy atom. The normalized spacial score (nSPS) is 11.6. The molecular weight excluding hydrogens is 390 g/mol. The second-order valence-electron chi connectivity index (χ2n) is 6.52. The van der Waals surface area contributed by atoms with Crippen molar-refractivity contribution >= 4 is 23.7 Å². The number of aromatic nitrogens is 3. The number of allylic oxidation sites excluding steroid dienone is 1. The molecule has 0 aliphatic heterocycles. The molecule has 9 heteroatoms. The molecule has 1 aromatic heterocycles. The molecule has 3 amide bonds. The number of carbonyl (C=O) groups is 2. The fourth-order valence-corrected chi connectivity index (χ4v) is 3.12. The summed E-state index contributed by atoms with van der Waals surface area (Å²) in [5, 5.41) is 13.9. The topological polar surface area (TPSA) is 98.1 Å². The van der Waals surface area contributed by atoms with E-state index in [-0.39, 0.29) is 18.4 Å². The summed E-state index contributed by atoms with van der Waals surface area (Å²) in [6.07, 6.45) is 2.51. The molecular formula is C20H27N5O3S. The lowest BCUT2D eigenvalue weighted by molar-refractivity contribution is -0.117. The SMILES string of the molecule is C=CCn1c(COc2cccc(C)c2)nnc1SCC(=O)NC(=O)N[C@H](C)CC. The standard InChI is InChI=1S/C20H27N5O3S/c1-5-10-25-17(12-28-16-9-7-8-14(3)11-16)23-24-20(25)29-13-18(26)22-19(27)21-15(4)6-2/h5,7-9,11,15H,1,6,10,12-13H2,2-4H3,(H2,21,22,26,27)/t15-/m1/s1.